The van der Waals surface area contributed by atoms with Gasteiger partial charge >= 0.3 is 0 Å². The third-order valence-corrected chi connectivity index (χ3v) is 2.90. The number of nitrogens with one attached hydrogen (secondary N) is 1. The molecular weight excluding hydrogens is 186 g/mol. The highest BCUT2D eigenvalue weighted by atomic mass is 15.2. The highest BCUT2D eigenvalue weighted by Crippen LogP contribution is 2.13. The molecule has 15 heavy (non-hydrogen) atoms. The lowest BCUT2D eigenvalue weighted by Crippen LogP contribution is -2.25. The zero-order valence-corrected chi connectivity index (χ0v) is 9.90. The predicted molar refractivity (Wildman–Crippen MR) is 65.0 cm³/mol. The fraction of sp³-hybridized carbons (Fsp3) is 0.583. The maximum Gasteiger partial charge on any atom is 0.203 e. The molecule has 2 unspecified atom stereocenters. The van der Waals surface area contributed by atoms with Gasteiger partial charge in [0.2, 0.25) is 5.95 Å². The first-order chi connectivity index (χ1) is 7.19. The van der Waals surface area contributed by atoms with Gasteiger partial charge in [-0.05, 0) is 12.8 Å². The van der Waals surface area contributed by atoms with E-state index in [0.717, 1.165) is 12.5 Å². The fourth-order valence-electron chi connectivity index (χ4n) is 1.44. The van der Waals surface area contributed by atoms with E-state index in [9.17, 15) is 0 Å². The van der Waals surface area contributed by atoms with E-state index in [-0.39, 0.29) is 0 Å². The van der Waals surface area contributed by atoms with Gasteiger partial charge in [0, 0.05) is 25.0 Å². The minimum absolute atomic E-state index is 0.445. The molecule has 3 heteroatoms. The molecule has 1 rings (SSSR count). The second-order valence-corrected chi connectivity index (χ2v) is 4.01. The Morgan fingerprint density at radius 1 is 1.60 bits per heavy atom. The predicted octanol–water partition coefficient (Wildman–Crippen LogP) is 2.92. The first-order valence-electron chi connectivity index (χ1n) is 5.57. The van der Waals surface area contributed by atoms with Crippen LogP contribution in [-0.2, 0) is 6.54 Å². The summed E-state index contributed by atoms with van der Waals surface area (Å²) in [5, 5.41) is 3.43. The Morgan fingerprint density at radius 2 is 2.33 bits per heavy atom. The highest BCUT2D eigenvalue weighted by molar-refractivity contribution is 5.27. The highest BCUT2D eigenvalue weighted by Gasteiger charge is 2.11. The molecule has 0 amide bonds. The quantitative estimate of drug-likeness (QED) is 0.727. The van der Waals surface area contributed by atoms with Crippen LogP contribution in [0.25, 0.3) is 0 Å². The summed E-state index contributed by atoms with van der Waals surface area (Å²) in [4.78, 5) is 4.30. The standard InChI is InChI=1S/C12H21N3/c1-5-8-15-9-7-13-12(15)14-11(4)10(3)6-2/h5,7,9-11H,1,6,8H2,2-4H3,(H,13,14). The zero-order chi connectivity index (χ0) is 11.3. The molecule has 0 saturated heterocycles. The average molecular weight is 207 g/mol. The number of allylic oxidation sites excluding steroid dienone is 1. The summed E-state index contributed by atoms with van der Waals surface area (Å²) in [7, 11) is 0. The Morgan fingerprint density at radius 3 is 2.93 bits per heavy atom. The van der Waals surface area contributed by atoms with Gasteiger partial charge in [-0.3, -0.25) is 0 Å². The summed E-state index contributed by atoms with van der Waals surface area (Å²) in [6.07, 6.45) is 6.83. The molecule has 0 aliphatic carbocycles. The molecular formula is C12H21N3. The summed E-state index contributed by atoms with van der Waals surface area (Å²) in [6.45, 7) is 11.2. The third-order valence-electron chi connectivity index (χ3n) is 2.90. The van der Waals surface area contributed by atoms with Crippen molar-refractivity contribution in [2.24, 2.45) is 5.92 Å². The van der Waals surface area contributed by atoms with E-state index in [1.54, 1.807) is 0 Å². The molecule has 0 aliphatic heterocycles. The molecule has 0 saturated carbocycles. The first-order valence-corrected chi connectivity index (χ1v) is 5.57. The van der Waals surface area contributed by atoms with Gasteiger partial charge in [-0.2, -0.15) is 0 Å². The maximum absolute atomic E-state index is 4.30. The molecule has 84 valence electrons. The molecule has 3 nitrogen and oxygen atoms in total. The van der Waals surface area contributed by atoms with Crippen molar-refractivity contribution in [3.8, 4) is 0 Å². The minimum atomic E-state index is 0.445. The lowest BCUT2D eigenvalue weighted by molar-refractivity contribution is 0.490. The van der Waals surface area contributed by atoms with Gasteiger partial charge in [-0.1, -0.05) is 26.3 Å². The number of imidazole rings is 1. The Hall–Kier alpha value is -1.25. The number of anilines is 1. The summed E-state index contributed by atoms with van der Waals surface area (Å²) in [5.74, 6) is 1.58. The topological polar surface area (TPSA) is 29.9 Å². The van der Waals surface area contributed by atoms with Gasteiger partial charge in [0.1, 0.15) is 0 Å². The van der Waals surface area contributed by atoms with Crippen molar-refractivity contribution >= 4 is 5.95 Å². The van der Waals surface area contributed by atoms with Gasteiger partial charge in [0.05, 0.1) is 0 Å². The van der Waals surface area contributed by atoms with E-state index >= 15 is 0 Å². The first kappa shape index (κ1) is 11.8. The van der Waals surface area contributed by atoms with Crippen LogP contribution in [0.3, 0.4) is 0 Å². The molecule has 1 aromatic rings. The van der Waals surface area contributed by atoms with Gasteiger partial charge in [0.25, 0.3) is 0 Å². The Kier molecular flexibility index (Phi) is 4.40. The van der Waals surface area contributed by atoms with Crippen LogP contribution in [0.2, 0.25) is 0 Å². The number of hydrogen-bond donors (Lipinski definition) is 1. The normalized spacial score (nSPS) is 14.6. The zero-order valence-electron chi connectivity index (χ0n) is 9.90. The van der Waals surface area contributed by atoms with Crippen molar-refractivity contribution in [2.45, 2.75) is 39.8 Å². The molecule has 0 radical (unpaired) electrons. The van der Waals surface area contributed by atoms with Crippen molar-refractivity contribution in [3.63, 3.8) is 0 Å². The van der Waals surface area contributed by atoms with E-state index in [1.807, 2.05) is 18.5 Å². The SMILES string of the molecule is C=CCn1ccnc1NC(C)C(C)CC. The average Bonchev–Trinajstić information content (AvgIpc) is 2.65. The van der Waals surface area contributed by atoms with Crippen LogP contribution in [0.15, 0.2) is 25.0 Å². The summed E-state index contributed by atoms with van der Waals surface area (Å²) in [5.41, 5.74) is 0. The van der Waals surface area contributed by atoms with Gasteiger partial charge in [-0.15, -0.1) is 6.58 Å². The van der Waals surface area contributed by atoms with Crippen LogP contribution in [0.4, 0.5) is 5.95 Å². The summed E-state index contributed by atoms with van der Waals surface area (Å²) < 4.78 is 2.06. The van der Waals surface area contributed by atoms with Crippen LogP contribution >= 0.6 is 0 Å². The van der Waals surface area contributed by atoms with Gasteiger partial charge < -0.3 is 9.88 Å². The van der Waals surface area contributed by atoms with Crippen LogP contribution in [0.1, 0.15) is 27.2 Å². The lowest BCUT2D eigenvalue weighted by Gasteiger charge is -2.20. The molecule has 0 fully saturated rings. The Labute approximate surface area is 92.2 Å². The van der Waals surface area contributed by atoms with E-state index in [4.69, 9.17) is 0 Å². The Balaban J connectivity index is 2.63. The van der Waals surface area contributed by atoms with Crippen LogP contribution in [0, 0.1) is 5.92 Å². The largest absolute Gasteiger partial charge is 0.353 e. The molecule has 0 aromatic carbocycles. The monoisotopic (exact) mass is 207 g/mol. The molecule has 2 atom stereocenters. The van der Waals surface area contributed by atoms with Crippen molar-refractivity contribution in [1.29, 1.82) is 0 Å². The van der Waals surface area contributed by atoms with E-state index in [0.29, 0.717) is 12.0 Å². The number of aromatic nitrogens is 2. The van der Waals surface area contributed by atoms with Crippen LogP contribution in [0.5, 0.6) is 0 Å². The van der Waals surface area contributed by atoms with Crippen molar-refractivity contribution in [3.05, 3.63) is 25.0 Å². The van der Waals surface area contributed by atoms with Crippen molar-refractivity contribution in [2.75, 3.05) is 5.32 Å². The fourth-order valence-corrected chi connectivity index (χ4v) is 1.44. The molecule has 1 aromatic heterocycles. The Bertz CT molecular complexity index is 304. The number of hydrogen-bond acceptors (Lipinski definition) is 2. The van der Waals surface area contributed by atoms with Crippen molar-refractivity contribution in [1.82, 2.24) is 9.55 Å². The molecule has 0 bridgehead atoms. The van der Waals surface area contributed by atoms with Gasteiger partial charge in [-0.25, -0.2) is 4.98 Å². The van der Waals surface area contributed by atoms with Crippen LogP contribution < -0.4 is 5.32 Å². The number of nitrogens with zero attached hydrogens (tertiary/aromatic N) is 2. The second kappa shape index (κ2) is 5.59. The summed E-state index contributed by atoms with van der Waals surface area (Å²) >= 11 is 0. The molecule has 1 heterocycles. The van der Waals surface area contributed by atoms with Crippen LogP contribution in [-0.4, -0.2) is 15.6 Å². The van der Waals surface area contributed by atoms with E-state index < -0.39 is 0 Å². The van der Waals surface area contributed by atoms with Crippen molar-refractivity contribution < 1.29 is 0 Å². The van der Waals surface area contributed by atoms with E-state index in [1.165, 1.54) is 6.42 Å². The molecule has 1 N–H and O–H groups in total. The second-order valence-electron chi connectivity index (χ2n) is 4.01. The van der Waals surface area contributed by atoms with Gasteiger partial charge in [0.15, 0.2) is 0 Å². The molecule has 0 aliphatic rings. The maximum atomic E-state index is 4.30. The number of rotatable bonds is 6. The minimum Gasteiger partial charge on any atom is -0.353 e. The third kappa shape index (κ3) is 3.11. The summed E-state index contributed by atoms with van der Waals surface area (Å²) in [6, 6.07) is 0.445. The smallest absolute Gasteiger partial charge is 0.203 e. The van der Waals surface area contributed by atoms with E-state index in [2.05, 4.69) is 42.2 Å². The lowest BCUT2D eigenvalue weighted by atomic mass is 10.0. The molecule has 0 spiro atoms.